The average molecular weight is 218 g/mol. The molecule has 0 aliphatic carbocycles. The van der Waals surface area contributed by atoms with E-state index in [1.807, 2.05) is 6.07 Å². The molecule has 0 saturated heterocycles. The molecule has 0 heterocycles. The van der Waals surface area contributed by atoms with Gasteiger partial charge in [-0.1, -0.05) is 18.2 Å². The van der Waals surface area contributed by atoms with Gasteiger partial charge in [0.25, 0.3) is 0 Å². The van der Waals surface area contributed by atoms with Crippen molar-refractivity contribution in [3.63, 3.8) is 0 Å². The van der Waals surface area contributed by atoms with E-state index >= 15 is 0 Å². The van der Waals surface area contributed by atoms with Gasteiger partial charge in [0.15, 0.2) is 0 Å². The predicted molar refractivity (Wildman–Crippen MR) is 58.6 cm³/mol. The molecule has 2 N–H and O–H groups in total. The summed E-state index contributed by atoms with van der Waals surface area (Å²) in [5.41, 5.74) is 6.04. The van der Waals surface area contributed by atoms with Gasteiger partial charge < -0.3 is 5.73 Å². The van der Waals surface area contributed by atoms with Crippen molar-refractivity contribution in [3.8, 4) is 6.07 Å². The molecule has 1 rings (SSSR count). The van der Waals surface area contributed by atoms with Crippen LogP contribution in [0.2, 0.25) is 0 Å². The highest BCUT2D eigenvalue weighted by molar-refractivity contribution is 5.76. The number of rotatable bonds is 4. The molecule has 0 aliphatic heterocycles. The third kappa shape index (κ3) is 3.54. The van der Waals surface area contributed by atoms with Crippen molar-refractivity contribution in [2.24, 2.45) is 5.73 Å². The van der Waals surface area contributed by atoms with E-state index in [4.69, 9.17) is 11.0 Å². The van der Waals surface area contributed by atoms with E-state index < -0.39 is 5.91 Å². The number of nitriles is 1. The maximum atomic E-state index is 13.3. The lowest BCUT2D eigenvalue weighted by molar-refractivity contribution is -0.117. The van der Waals surface area contributed by atoms with Gasteiger partial charge in [0.2, 0.25) is 5.91 Å². The molecule has 0 spiro atoms. The molecule has 3 nitrogen and oxygen atoms in total. The average Bonchev–Trinajstić information content (AvgIpc) is 2.22. The number of carbonyl (C=O) groups excluding carboxylic acids is 1. The summed E-state index contributed by atoms with van der Waals surface area (Å²) in [7, 11) is 0. The Hall–Kier alpha value is -2.15. The lowest BCUT2D eigenvalue weighted by Crippen LogP contribution is -2.07. The number of benzene rings is 1. The molecule has 0 radical (unpaired) electrons. The summed E-state index contributed by atoms with van der Waals surface area (Å²) < 4.78 is 13.3. The normalized spacial score (nSPS) is 10.2. The number of amides is 1. The number of carbonyl (C=O) groups is 1. The largest absolute Gasteiger partial charge is 0.369 e. The molecule has 1 amide bonds. The minimum absolute atomic E-state index is 0.0713. The van der Waals surface area contributed by atoms with Crippen LogP contribution in [0.4, 0.5) is 4.39 Å². The van der Waals surface area contributed by atoms with Gasteiger partial charge in [-0.3, -0.25) is 4.79 Å². The first-order valence-corrected chi connectivity index (χ1v) is 4.73. The van der Waals surface area contributed by atoms with E-state index in [9.17, 15) is 9.18 Å². The van der Waals surface area contributed by atoms with Gasteiger partial charge in [-0.2, -0.15) is 5.26 Å². The van der Waals surface area contributed by atoms with Crippen molar-refractivity contribution in [1.29, 1.82) is 5.26 Å². The van der Waals surface area contributed by atoms with Crippen LogP contribution in [0.15, 0.2) is 24.3 Å². The van der Waals surface area contributed by atoms with E-state index in [0.717, 1.165) is 5.56 Å². The zero-order valence-corrected chi connectivity index (χ0v) is 8.61. The van der Waals surface area contributed by atoms with Gasteiger partial charge in [0.1, 0.15) is 5.82 Å². The molecule has 16 heavy (non-hydrogen) atoms. The van der Waals surface area contributed by atoms with E-state index in [2.05, 4.69) is 0 Å². The third-order valence-electron chi connectivity index (χ3n) is 1.96. The number of hydrogen-bond donors (Lipinski definition) is 1. The van der Waals surface area contributed by atoms with E-state index in [1.54, 1.807) is 12.1 Å². The Kier molecular flexibility index (Phi) is 4.22. The summed E-state index contributed by atoms with van der Waals surface area (Å²) in [5, 5.41) is 8.51. The highest BCUT2D eigenvalue weighted by Crippen LogP contribution is 2.13. The fourth-order valence-electron chi connectivity index (χ4n) is 1.22. The molecule has 1 aromatic rings. The first-order chi connectivity index (χ1) is 7.63. The number of hydrogen-bond acceptors (Lipinski definition) is 2. The summed E-state index contributed by atoms with van der Waals surface area (Å²) in [4.78, 5) is 10.5. The monoisotopic (exact) mass is 218 g/mol. The predicted octanol–water partition coefficient (Wildman–Crippen LogP) is 1.78. The Morgan fingerprint density at radius 1 is 1.56 bits per heavy atom. The van der Waals surface area contributed by atoms with Crippen molar-refractivity contribution in [2.45, 2.75) is 12.8 Å². The van der Waals surface area contributed by atoms with Crippen LogP contribution in [0.3, 0.4) is 0 Å². The standard InChI is InChI=1S/C12H11FN2O/c13-11-5-4-9(6-7-14)8-10(11)2-1-3-12(15)16/h1-2,4-5,8H,3,6H2,(H2,15,16). The van der Waals surface area contributed by atoms with Crippen molar-refractivity contribution < 1.29 is 9.18 Å². The fraction of sp³-hybridized carbons (Fsp3) is 0.167. The first kappa shape index (κ1) is 11.9. The second-order valence-electron chi connectivity index (χ2n) is 3.26. The second-order valence-corrected chi connectivity index (χ2v) is 3.26. The molecule has 1 aromatic carbocycles. The molecule has 0 aromatic heterocycles. The van der Waals surface area contributed by atoms with Gasteiger partial charge >= 0.3 is 0 Å². The van der Waals surface area contributed by atoms with Crippen LogP contribution in [0.1, 0.15) is 17.5 Å². The van der Waals surface area contributed by atoms with E-state index in [0.29, 0.717) is 5.56 Å². The topological polar surface area (TPSA) is 66.9 Å². The lowest BCUT2D eigenvalue weighted by atomic mass is 10.1. The van der Waals surface area contributed by atoms with Crippen LogP contribution in [-0.4, -0.2) is 5.91 Å². The zero-order valence-electron chi connectivity index (χ0n) is 8.61. The van der Waals surface area contributed by atoms with Gasteiger partial charge in [-0.15, -0.1) is 0 Å². The summed E-state index contributed by atoms with van der Waals surface area (Å²) >= 11 is 0. The summed E-state index contributed by atoms with van der Waals surface area (Å²) in [6, 6.07) is 6.43. The van der Waals surface area contributed by atoms with Crippen molar-refractivity contribution in [3.05, 3.63) is 41.2 Å². The highest BCUT2D eigenvalue weighted by atomic mass is 19.1. The van der Waals surface area contributed by atoms with Crippen LogP contribution in [0, 0.1) is 17.1 Å². The quantitative estimate of drug-likeness (QED) is 0.837. The molecule has 0 atom stereocenters. The molecule has 0 unspecified atom stereocenters. The SMILES string of the molecule is N#CCc1ccc(F)c(C=CCC(N)=O)c1. The Labute approximate surface area is 93.0 Å². The van der Waals surface area contributed by atoms with Crippen LogP contribution >= 0.6 is 0 Å². The number of halogens is 1. The minimum atomic E-state index is -0.468. The molecule has 0 bridgehead atoms. The molecule has 0 saturated carbocycles. The first-order valence-electron chi connectivity index (χ1n) is 4.73. The van der Waals surface area contributed by atoms with Gasteiger partial charge in [0, 0.05) is 12.0 Å². The van der Waals surface area contributed by atoms with Gasteiger partial charge in [-0.05, 0) is 17.7 Å². The van der Waals surface area contributed by atoms with Gasteiger partial charge in [0.05, 0.1) is 12.5 Å². The smallest absolute Gasteiger partial charge is 0.221 e. The number of nitrogens with zero attached hydrogens (tertiary/aromatic N) is 1. The van der Waals surface area contributed by atoms with Crippen molar-refractivity contribution >= 4 is 12.0 Å². The zero-order chi connectivity index (χ0) is 12.0. The fourth-order valence-corrected chi connectivity index (χ4v) is 1.22. The summed E-state index contributed by atoms with van der Waals surface area (Å²) in [6.45, 7) is 0. The molecular formula is C12H11FN2O. The van der Waals surface area contributed by atoms with Crippen LogP contribution < -0.4 is 5.73 Å². The van der Waals surface area contributed by atoms with Crippen LogP contribution in [0.25, 0.3) is 6.08 Å². The molecule has 82 valence electrons. The Morgan fingerprint density at radius 3 is 2.94 bits per heavy atom. The molecule has 0 fully saturated rings. The van der Waals surface area contributed by atoms with Crippen molar-refractivity contribution in [2.75, 3.05) is 0 Å². The maximum Gasteiger partial charge on any atom is 0.221 e. The number of primary amides is 1. The van der Waals surface area contributed by atoms with E-state index in [-0.39, 0.29) is 18.7 Å². The second kappa shape index (κ2) is 5.66. The molecule has 4 heteroatoms. The lowest BCUT2D eigenvalue weighted by Gasteiger charge is -1.99. The molecular weight excluding hydrogens is 207 g/mol. The summed E-state index contributed by atoms with van der Waals surface area (Å²) in [6.07, 6.45) is 3.29. The van der Waals surface area contributed by atoms with E-state index in [1.165, 1.54) is 18.2 Å². The van der Waals surface area contributed by atoms with Gasteiger partial charge in [-0.25, -0.2) is 4.39 Å². The Morgan fingerprint density at radius 2 is 2.31 bits per heavy atom. The van der Waals surface area contributed by atoms with Crippen LogP contribution in [-0.2, 0) is 11.2 Å². The minimum Gasteiger partial charge on any atom is -0.369 e. The number of nitrogens with two attached hydrogens (primary N) is 1. The third-order valence-corrected chi connectivity index (χ3v) is 1.96. The van der Waals surface area contributed by atoms with Crippen LogP contribution in [0.5, 0.6) is 0 Å². The van der Waals surface area contributed by atoms with Crippen molar-refractivity contribution in [1.82, 2.24) is 0 Å². The Bertz CT molecular complexity index is 461. The Balaban J connectivity index is 2.86. The summed E-state index contributed by atoms with van der Waals surface area (Å²) in [5.74, 6) is -0.854. The maximum absolute atomic E-state index is 13.3. The molecule has 0 aliphatic rings. The highest BCUT2D eigenvalue weighted by Gasteiger charge is 2.00.